The van der Waals surface area contributed by atoms with Crippen molar-refractivity contribution in [3.05, 3.63) is 42.3 Å². The van der Waals surface area contributed by atoms with Gasteiger partial charge in [0.1, 0.15) is 6.33 Å². The normalized spacial score (nSPS) is 10.7. The van der Waals surface area contributed by atoms with E-state index in [0.29, 0.717) is 0 Å². The Bertz CT molecular complexity index is 570. The summed E-state index contributed by atoms with van der Waals surface area (Å²) in [5, 5.41) is 5.97. The highest BCUT2D eigenvalue weighted by Crippen LogP contribution is 2.21. The smallest absolute Gasteiger partial charge is 0.188 e. The summed E-state index contributed by atoms with van der Waals surface area (Å²) in [6, 6.07) is 5.98. The maximum Gasteiger partial charge on any atom is 0.188 e. The van der Waals surface area contributed by atoms with Crippen molar-refractivity contribution in [1.82, 2.24) is 14.4 Å². The largest absolute Gasteiger partial charge is 0.314 e. The van der Waals surface area contributed by atoms with Gasteiger partial charge in [-0.3, -0.25) is 0 Å². The molecule has 0 saturated carbocycles. The van der Waals surface area contributed by atoms with Crippen LogP contribution in [-0.2, 0) is 0 Å². The predicted octanol–water partition coefficient (Wildman–Crippen LogP) is 2.53. The van der Waals surface area contributed by atoms with E-state index in [1.807, 2.05) is 34.2 Å². The second-order valence-electron chi connectivity index (χ2n) is 3.05. The molecule has 0 saturated heterocycles. The molecule has 0 fully saturated rings. The Hall–Kier alpha value is -1.88. The van der Waals surface area contributed by atoms with Crippen LogP contribution >= 0.6 is 11.3 Å². The maximum absolute atomic E-state index is 4.29. The molecule has 0 aliphatic heterocycles. The van der Waals surface area contributed by atoms with E-state index >= 15 is 0 Å². The third-order valence-corrected chi connectivity index (χ3v) is 2.79. The van der Waals surface area contributed by atoms with Gasteiger partial charge in [0.25, 0.3) is 0 Å². The van der Waals surface area contributed by atoms with Crippen molar-refractivity contribution in [1.29, 1.82) is 0 Å². The third kappa shape index (κ3) is 1.46. The van der Waals surface area contributed by atoms with Crippen molar-refractivity contribution in [3.63, 3.8) is 0 Å². The summed E-state index contributed by atoms with van der Waals surface area (Å²) in [6.07, 6.45) is 5.52. The Morgan fingerprint density at radius 3 is 3.13 bits per heavy atom. The van der Waals surface area contributed by atoms with E-state index in [-0.39, 0.29) is 0 Å². The molecule has 3 aromatic rings. The number of thiazole rings is 1. The van der Waals surface area contributed by atoms with E-state index in [4.69, 9.17) is 0 Å². The average molecular weight is 216 g/mol. The van der Waals surface area contributed by atoms with Gasteiger partial charge in [0.05, 0.1) is 5.52 Å². The summed E-state index contributed by atoms with van der Waals surface area (Å²) >= 11 is 1.56. The zero-order valence-electron chi connectivity index (χ0n) is 7.79. The fraction of sp³-hybridized carbons (Fsp3) is 0. The molecule has 0 aromatic carbocycles. The second-order valence-corrected chi connectivity index (χ2v) is 3.94. The molecule has 5 heteroatoms. The maximum atomic E-state index is 4.29. The molecule has 74 valence electrons. The molecule has 0 bridgehead atoms. The first kappa shape index (κ1) is 8.43. The minimum absolute atomic E-state index is 0.838. The van der Waals surface area contributed by atoms with E-state index in [1.165, 1.54) is 0 Å². The second kappa shape index (κ2) is 3.36. The van der Waals surface area contributed by atoms with Crippen molar-refractivity contribution in [2.24, 2.45) is 0 Å². The monoisotopic (exact) mass is 216 g/mol. The Balaban J connectivity index is 2.05. The van der Waals surface area contributed by atoms with E-state index in [1.54, 1.807) is 23.9 Å². The van der Waals surface area contributed by atoms with Crippen molar-refractivity contribution >= 4 is 27.8 Å². The zero-order chi connectivity index (χ0) is 10.1. The zero-order valence-corrected chi connectivity index (χ0v) is 8.61. The van der Waals surface area contributed by atoms with Crippen molar-refractivity contribution < 1.29 is 0 Å². The first-order valence-electron chi connectivity index (χ1n) is 4.52. The van der Waals surface area contributed by atoms with E-state index in [0.717, 1.165) is 16.5 Å². The number of fused-ring (bicyclic) bond motifs is 1. The topological polar surface area (TPSA) is 42.2 Å². The van der Waals surface area contributed by atoms with Gasteiger partial charge >= 0.3 is 0 Å². The summed E-state index contributed by atoms with van der Waals surface area (Å²) in [4.78, 5) is 8.44. The van der Waals surface area contributed by atoms with Gasteiger partial charge in [-0.15, -0.1) is 11.3 Å². The molecule has 3 aromatic heterocycles. The number of anilines is 2. The first-order chi connectivity index (χ1) is 7.43. The lowest BCUT2D eigenvalue weighted by Crippen LogP contribution is -1.89. The molecule has 0 unspecified atom stereocenters. The van der Waals surface area contributed by atoms with E-state index in [2.05, 4.69) is 15.3 Å². The summed E-state index contributed by atoms with van der Waals surface area (Å²) in [5.74, 6) is 0.838. The molecule has 3 heterocycles. The van der Waals surface area contributed by atoms with E-state index in [9.17, 15) is 0 Å². The molecular weight excluding hydrogens is 208 g/mol. The Labute approximate surface area is 90.2 Å². The van der Waals surface area contributed by atoms with Gasteiger partial charge in [0.15, 0.2) is 10.9 Å². The molecule has 0 amide bonds. The molecule has 1 N–H and O–H groups in total. The average Bonchev–Trinajstić information content (AvgIpc) is 2.89. The number of imidazole rings is 1. The molecule has 0 aliphatic carbocycles. The number of hydrogen-bond donors (Lipinski definition) is 1. The lowest BCUT2D eigenvalue weighted by molar-refractivity contribution is 1.15. The van der Waals surface area contributed by atoms with Gasteiger partial charge in [-0.05, 0) is 12.1 Å². The van der Waals surface area contributed by atoms with Crippen LogP contribution in [0.4, 0.5) is 10.9 Å². The fourth-order valence-electron chi connectivity index (χ4n) is 1.43. The van der Waals surface area contributed by atoms with Crippen LogP contribution in [0.25, 0.3) is 5.52 Å². The van der Waals surface area contributed by atoms with Gasteiger partial charge in [0.2, 0.25) is 0 Å². The highest BCUT2D eigenvalue weighted by Gasteiger charge is 2.04. The number of nitrogens with one attached hydrogen (secondary N) is 1. The highest BCUT2D eigenvalue weighted by molar-refractivity contribution is 7.13. The number of aromatic nitrogens is 3. The van der Waals surface area contributed by atoms with Crippen molar-refractivity contribution in [2.45, 2.75) is 0 Å². The van der Waals surface area contributed by atoms with Gasteiger partial charge in [-0.25, -0.2) is 9.97 Å². The molecule has 4 nitrogen and oxygen atoms in total. The SMILES string of the molecule is c1ccn2cnc(Nc3nccs3)c2c1. The first-order valence-corrected chi connectivity index (χ1v) is 5.40. The van der Waals surface area contributed by atoms with Crippen LogP contribution in [0.5, 0.6) is 0 Å². The molecule has 0 spiro atoms. The number of nitrogens with zero attached hydrogens (tertiary/aromatic N) is 3. The van der Waals surface area contributed by atoms with Crippen LogP contribution in [0, 0.1) is 0 Å². The van der Waals surface area contributed by atoms with Gasteiger partial charge in [-0.2, -0.15) is 0 Å². The third-order valence-electron chi connectivity index (χ3n) is 2.10. The lowest BCUT2D eigenvalue weighted by atomic mass is 10.4. The summed E-state index contributed by atoms with van der Waals surface area (Å²) in [5.41, 5.74) is 1.05. The molecule has 0 aliphatic rings. The van der Waals surface area contributed by atoms with Crippen molar-refractivity contribution in [3.8, 4) is 0 Å². The van der Waals surface area contributed by atoms with Crippen LogP contribution in [-0.4, -0.2) is 14.4 Å². The van der Waals surface area contributed by atoms with E-state index < -0.39 is 0 Å². The van der Waals surface area contributed by atoms with Crippen LogP contribution in [0.15, 0.2) is 42.3 Å². The van der Waals surface area contributed by atoms with Crippen LogP contribution in [0.2, 0.25) is 0 Å². The van der Waals surface area contributed by atoms with Gasteiger partial charge in [0, 0.05) is 17.8 Å². The molecule has 0 radical (unpaired) electrons. The minimum Gasteiger partial charge on any atom is -0.314 e. The minimum atomic E-state index is 0.838. The van der Waals surface area contributed by atoms with Crippen LogP contribution < -0.4 is 5.32 Å². The number of hydrogen-bond acceptors (Lipinski definition) is 4. The van der Waals surface area contributed by atoms with Gasteiger partial charge < -0.3 is 9.72 Å². The highest BCUT2D eigenvalue weighted by atomic mass is 32.1. The summed E-state index contributed by atoms with van der Waals surface area (Å²) < 4.78 is 1.97. The number of rotatable bonds is 2. The van der Waals surface area contributed by atoms with Crippen LogP contribution in [0.3, 0.4) is 0 Å². The number of pyridine rings is 1. The quantitative estimate of drug-likeness (QED) is 0.715. The molecular formula is C10H8N4S. The molecule has 3 rings (SSSR count). The van der Waals surface area contributed by atoms with Crippen molar-refractivity contribution in [2.75, 3.05) is 5.32 Å². The summed E-state index contributed by atoms with van der Waals surface area (Å²) in [6.45, 7) is 0. The Morgan fingerprint density at radius 2 is 2.27 bits per heavy atom. The predicted molar refractivity (Wildman–Crippen MR) is 60.6 cm³/mol. The molecule has 15 heavy (non-hydrogen) atoms. The van der Waals surface area contributed by atoms with Crippen LogP contribution in [0.1, 0.15) is 0 Å². The Kier molecular flexibility index (Phi) is 1.89. The van der Waals surface area contributed by atoms with Gasteiger partial charge in [-0.1, -0.05) is 6.07 Å². The fourth-order valence-corrected chi connectivity index (χ4v) is 1.95. The summed E-state index contributed by atoms with van der Waals surface area (Å²) in [7, 11) is 0. The standard InChI is InChI=1S/C10H8N4S/c1-2-5-14-7-12-9(8(14)3-1)13-10-11-4-6-15-10/h1-7H,(H,11,13). The lowest BCUT2D eigenvalue weighted by Gasteiger charge is -1.98. The molecule has 0 atom stereocenters. The Morgan fingerprint density at radius 1 is 1.27 bits per heavy atom.